The maximum atomic E-state index is 11.4. The molecule has 1 aromatic carbocycles. The van der Waals surface area contributed by atoms with Gasteiger partial charge in [-0.05, 0) is 23.8 Å². The molecule has 1 saturated heterocycles. The number of nitro groups is 1. The number of amides is 2. The molecule has 7 nitrogen and oxygen atoms in total. The summed E-state index contributed by atoms with van der Waals surface area (Å²) < 4.78 is 0. The van der Waals surface area contributed by atoms with Crippen molar-refractivity contribution in [2.45, 2.75) is 0 Å². The second-order valence-electron chi connectivity index (χ2n) is 3.64. The minimum atomic E-state index is -0.508. The van der Waals surface area contributed by atoms with E-state index in [4.69, 9.17) is 0 Å². The average molecular weight is 247 g/mol. The third-order valence-electron chi connectivity index (χ3n) is 2.34. The lowest BCUT2D eigenvalue weighted by molar-refractivity contribution is -0.384. The summed E-state index contributed by atoms with van der Waals surface area (Å²) in [5.41, 5.74) is 0.683. The molecule has 2 N–H and O–H groups in total. The van der Waals surface area contributed by atoms with Crippen LogP contribution in [0.5, 0.6) is 0 Å². The number of non-ortho nitro benzene ring substituents is 1. The van der Waals surface area contributed by atoms with Gasteiger partial charge in [0.2, 0.25) is 5.91 Å². The third kappa shape index (κ3) is 2.51. The Kier molecular flexibility index (Phi) is 3.05. The summed E-state index contributed by atoms with van der Waals surface area (Å²) in [5.74, 6) is -0.685. The fourth-order valence-corrected chi connectivity index (χ4v) is 1.47. The Morgan fingerprint density at radius 2 is 1.89 bits per heavy atom. The lowest BCUT2D eigenvalue weighted by Gasteiger charge is -2.15. The third-order valence-corrected chi connectivity index (χ3v) is 2.34. The van der Waals surface area contributed by atoms with Crippen molar-refractivity contribution in [3.63, 3.8) is 0 Å². The van der Waals surface area contributed by atoms with E-state index < -0.39 is 4.92 Å². The van der Waals surface area contributed by atoms with Gasteiger partial charge in [0.25, 0.3) is 11.6 Å². The highest BCUT2D eigenvalue weighted by Crippen LogP contribution is 2.14. The Morgan fingerprint density at radius 3 is 2.50 bits per heavy atom. The predicted molar refractivity (Wildman–Crippen MR) is 62.2 cm³/mol. The van der Waals surface area contributed by atoms with Crippen molar-refractivity contribution in [1.82, 2.24) is 10.6 Å². The number of piperazine rings is 1. The molecule has 2 rings (SSSR count). The van der Waals surface area contributed by atoms with E-state index in [1.165, 1.54) is 30.3 Å². The van der Waals surface area contributed by atoms with Crippen LogP contribution in [0, 0.1) is 10.1 Å². The van der Waals surface area contributed by atoms with Crippen LogP contribution in [0.25, 0.3) is 6.08 Å². The highest BCUT2D eigenvalue weighted by molar-refractivity contribution is 6.05. The van der Waals surface area contributed by atoms with E-state index in [9.17, 15) is 19.7 Å². The lowest BCUT2D eigenvalue weighted by Crippen LogP contribution is -2.46. The summed E-state index contributed by atoms with van der Waals surface area (Å²) in [6.45, 7) is -0.0452. The molecular formula is C11H9N3O4. The molecular weight excluding hydrogens is 238 g/mol. The minimum absolute atomic E-state index is 0.0331. The predicted octanol–water partition coefficient (Wildman–Crippen LogP) is 0.182. The number of carbonyl (C=O) groups excluding carboxylic acids is 2. The first-order chi connectivity index (χ1) is 8.56. The number of benzene rings is 1. The first kappa shape index (κ1) is 11.8. The van der Waals surface area contributed by atoms with Gasteiger partial charge in [-0.1, -0.05) is 0 Å². The van der Waals surface area contributed by atoms with Crippen LogP contribution in [0.15, 0.2) is 30.0 Å². The highest BCUT2D eigenvalue weighted by atomic mass is 16.6. The molecule has 92 valence electrons. The van der Waals surface area contributed by atoms with Gasteiger partial charge < -0.3 is 10.6 Å². The number of nitro benzene ring substituents is 1. The molecule has 0 atom stereocenters. The first-order valence-electron chi connectivity index (χ1n) is 5.10. The maximum absolute atomic E-state index is 11.4. The Bertz CT molecular complexity index is 548. The smallest absolute Gasteiger partial charge is 0.269 e. The Balaban J connectivity index is 2.23. The van der Waals surface area contributed by atoms with Crippen LogP contribution >= 0.6 is 0 Å². The van der Waals surface area contributed by atoms with Gasteiger partial charge in [0, 0.05) is 12.1 Å². The number of nitrogens with zero attached hydrogens (tertiary/aromatic N) is 1. The minimum Gasteiger partial charge on any atom is -0.342 e. The van der Waals surface area contributed by atoms with Crippen LogP contribution in [0.2, 0.25) is 0 Å². The molecule has 7 heteroatoms. The molecule has 1 fully saturated rings. The largest absolute Gasteiger partial charge is 0.342 e. The van der Waals surface area contributed by atoms with Gasteiger partial charge >= 0.3 is 0 Å². The van der Waals surface area contributed by atoms with Crippen LogP contribution in [0.4, 0.5) is 5.69 Å². The number of carbonyl (C=O) groups is 2. The molecule has 0 unspecified atom stereocenters. The van der Waals surface area contributed by atoms with Gasteiger partial charge in [0.15, 0.2) is 0 Å². The summed E-state index contributed by atoms with van der Waals surface area (Å²) in [4.78, 5) is 32.5. The zero-order valence-electron chi connectivity index (χ0n) is 9.17. The summed E-state index contributed by atoms with van der Waals surface area (Å²) in [5, 5.41) is 15.3. The Hall–Kier alpha value is -2.70. The topological polar surface area (TPSA) is 101 Å². The molecule has 1 aliphatic heterocycles. The van der Waals surface area contributed by atoms with Crippen molar-refractivity contribution in [1.29, 1.82) is 0 Å². The van der Waals surface area contributed by atoms with Crippen molar-refractivity contribution in [3.05, 3.63) is 45.6 Å². The molecule has 0 aliphatic carbocycles. The summed E-state index contributed by atoms with van der Waals surface area (Å²) in [6.07, 6.45) is 1.45. The van der Waals surface area contributed by atoms with Gasteiger partial charge in [-0.25, -0.2) is 0 Å². The van der Waals surface area contributed by atoms with Gasteiger partial charge in [0.05, 0.1) is 11.5 Å². The highest BCUT2D eigenvalue weighted by Gasteiger charge is 2.19. The van der Waals surface area contributed by atoms with Crippen LogP contribution in [0.1, 0.15) is 5.56 Å². The number of hydrogen-bond donors (Lipinski definition) is 2. The fraction of sp³-hybridized carbons (Fsp3) is 0.0909. The molecule has 0 aromatic heterocycles. The average Bonchev–Trinajstić information content (AvgIpc) is 2.34. The standard InChI is InChI=1S/C11H9N3O4/c15-10-6-12-11(16)9(13-10)5-7-1-3-8(4-2-7)14(17)18/h1-5H,6H2,(H,12,16)(H,13,15). The Morgan fingerprint density at radius 1 is 1.22 bits per heavy atom. The van der Waals surface area contributed by atoms with Crippen molar-refractivity contribution < 1.29 is 14.5 Å². The van der Waals surface area contributed by atoms with Crippen LogP contribution in [-0.4, -0.2) is 23.3 Å². The van der Waals surface area contributed by atoms with E-state index in [0.717, 1.165) is 0 Å². The van der Waals surface area contributed by atoms with Crippen molar-refractivity contribution in [3.8, 4) is 0 Å². The summed E-state index contributed by atoms with van der Waals surface area (Å²) >= 11 is 0. The number of rotatable bonds is 2. The fourth-order valence-electron chi connectivity index (χ4n) is 1.47. The zero-order valence-corrected chi connectivity index (χ0v) is 9.17. The number of hydrogen-bond acceptors (Lipinski definition) is 4. The molecule has 1 heterocycles. The quantitative estimate of drug-likeness (QED) is 0.442. The van der Waals surface area contributed by atoms with Gasteiger partial charge in [0.1, 0.15) is 5.70 Å². The first-order valence-corrected chi connectivity index (χ1v) is 5.10. The molecule has 18 heavy (non-hydrogen) atoms. The zero-order chi connectivity index (χ0) is 13.1. The van der Waals surface area contributed by atoms with E-state index in [-0.39, 0.29) is 29.7 Å². The number of nitrogens with one attached hydrogen (secondary N) is 2. The molecule has 0 spiro atoms. The van der Waals surface area contributed by atoms with E-state index >= 15 is 0 Å². The second kappa shape index (κ2) is 4.66. The molecule has 2 amide bonds. The normalized spacial score (nSPS) is 17.2. The summed E-state index contributed by atoms with van der Waals surface area (Å²) in [6, 6.07) is 5.66. The van der Waals surface area contributed by atoms with E-state index in [1.54, 1.807) is 0 Å². The van der Waals surface area contributed by atoms with Gasteiger partial charge in [-0.15, -0.1) is 0 Å². The van der Waals surface area contributed by atoms with E-state index in [2.05, 4.69) is 10.6 Å². The SMILES string of the molecule is O=C1CNC(=O)C(=Cc2ccc([N+](=O)[O-])cc2)N1. The van der Waals surface area contributed by atoms with Crippen LogP contribution in [-0.2, 0) is 9.59 Å². The molecule has 0 radical (unpaired) electrons. The molecule has 1 aliphatic rings. The summed E-state index contributed by atoms with van der Waals surface area (Å²) in [7, 11) is 0. The molecule has 0 saturated carbocycles. The molecule has 0 bridgehead atoms. The van der Waals surface area contributed by atoms with Gasteiger partial charge in [-0.2, -0.15) is 0 Å². The maximum Gasteiger partial charge on any atom is 0.269 e. The van der Waals surface area contributed by atoms with Gasteiger partial charge in [-0.3, -0.25) is 19.7 Å². The lowest BCUT2D eigenvalue weighted by atomic mass is 10.1. The monoisotopic (exact) mass is 247 g/mol. The van der Waals surface area contributed by atoms with E-state index in [0.29, 0.717) is 5.56 Å². The Labute approximate surface area is 102 Å². The van der Waals surface area contributed by atoms with Crippen LogP contribution < -0.4 is 10.6 Å². The van der Waals surface area contributed by atoms with Crippen molar-refractivity contribution in [2.24, 2.45) is 0 Å². The van der Waals surface area contributed by atoms with Crippen molar-refractivity contribution in [2.75, 3.05) is 6.54 Å². The second-order valence-corrected chi connectivity index (χ2v) is 3.64. The van der Waals surface area contributed by atoms with Crippen LogP contribution in [0.3, 0.4) is 0 Å². The van der Waals surface area contributed by atoms with E-state index in [1.807, 2.05) is 0 Å². The molecule has 1 aromatic rings. The van der Waals surface area contributed by atoms with Crippen molar-refractivity contribution >= 4 is 23.6 Å².